The van der Waals surface area contributed by atoms with Gasteiger partial charge in [-0.1, -0.05) is 13.8 Å². The molecule has 1 aliphatic rings. The molecule has 1 N–H and O–H groups in total. The van der Waals surface area contributed by atoms with E-state index in [1.54, 1.807) is 0 Å². The second-order valence-corrected chi connectivity index (χ2v) is 8.03. The van der Waals surface area contributed by atoms with Crippen molar-refractivity contribution in [3.05, 3.63) is 10.6 Å². The fraction of sp³-hybridized carbons (Fsp3) is 0.800. The molecule has 2 rings (SSSR count). The van der Waals surface area contributed by atoms with Crippen LogP contribution in [0.5, 0.6) is 0 Å². The smallest absolute Gasteiger partial charge is 0.185 e. The van der Waals surface area contributed by atoms with Crippen LogP contribution < -0.4 is 10.2 Å². The van der Waals surface area contributed by atoms with Crippen LogP contribution in [0.15, 0.2) is 0 Å². The van der Waals surface area contributed by atoms with E-state index in [1.165, 1.54) is 15.7 Å². The summed E-state index contributed by atoms with van der Waals surface area (Å²) in [7, 11) is 0. The van der Waals surface area contributed by atoms with Crippen molar-refractivity contribution in [1.82, 2.24) is 10.3 Å². The van der Waals surface area contributed by atoms with Crippen LogP contribution >= 0.6 is 11.3 Å². The molecule has 0 spiro atoms. The number of aromatic nitrogens is 1. The van der Waals surface area contributed by atoms with Gasteiger partial charge in [0.25, 0.3) is 0 Å². The van der Waals surface area contributed by atoms with Crippen LogP contribution in [0.1, 0.15) is 45.2 Å². The summed E-state index contributed by atoms with van der Waals surface area (Å²) in [6.07, 6.45) is 0. The molecular formula is C15H27N3S. The van der Waals surface area contributed by atoms with Gasteiger partial charge in [-0.2, -0.15) is 0 Å². The second-order valence-electron chi connectivity index (χ2n) is 6.97. The maximum atomic E-state index is 4.77. The van der Waals surface area contributed by atoms with Gasteiger partial charge in [-0.25, -0.2) is 4.98 Å². The lowest BCUT2D eigenvalue weighted by Gasteiger charge is -2.20. The van der Waals surface area contributed by atoms with Crippen molar-refractivity contribution < 1.29 is 0 Å². The van der Waals surface area contributed by atoms with Gasteiger partial charge >= 0.3 is 0 Å². The van der Waals surface area contributed by atoms with Gasteiger partial charge in [-0.3, -0.25) is 0 Å². The predicted octanol–water partition coefficient (Wildman–Crippen LogP) is 3.43. The average molecular weight is 281 g/mol. The van der Waals surface area contributed by atoms with Crippen LogP contribution in [0.2, 0.25) is 0 Å². The predicted molar refractivity (Wildman–Crippen MR) is 84.0 cm³/mol. The minimum Gasteiger partial charge on any atom is -0.348 e. The number of hydrogen-bond donors (Lipinski definition) is 1. The van der Waals surface area contributed by atoms with Gasteiger partial charge in [-0.15, -0.1) is 11.3 Å². The van der Waals surface area contributed by atoms with Crippen molar-refractivity contribution in [1.29, 1.82) is 0 Å². The highest BCUT2D eigenvalue weighted by Crippen LogP contribution is 2.32. The Morgan fingerprint density at radius 3 is 2.37 bits per heavy atom. The summed E-state index contributed by atoms with van der Waals surface area (Å²) in [5, 5.41) is 4.76. The number of anilines is 1. The van der Waals surface area contributed by atoms with Crippen LogP contribution in [0.3, 0.4) is 0 Å². The Labute approximate surface area is 121 Å². The van der Waals surface area contributed by atoms with E-state index in [2.05, 4.69) is 51.8 Å². The quantitative estimate of drug-likeness (QED) is 0.920. The minimum atomic E-state index is 0.160. The third kappa shape index (κ3) is 3.69. The monoisotopic (exact) mass is 281 g/mol. The fourth-order valence-corrected chi connectivity index (χ4v) is 3.36. The maximum absolute atomic E-state index is 4.77. The maximum Gasteiger partial charge on any atom is 0.185 e. The average Bonchev–Trinajstić information content (AvgIpc) is 2.80. The van der Waals surface area contributed by atoms with E-state index in [0.29, 0.717) is 0 Å². The van der Waals surface area contributed by atoms with Gasteiger partial charge in [0.05, 0.1) is 5.69 Å². The molecule has 4 heteroatoms. The highest BCUT2D eigenvalue weighted by atomic mass is 32.1. The van der Waals surface area contributed by atoms with Gasteiger partial charge < -0.3 is 10.2 Å². The summed E-state index contributed by atoms with van der Waals surface area (Å²) in [5.41, 5.74) is 1.34. The Morgan fingerprint density at radius 1 is 1.26 bits per heavy atom. The molecule has 2 unspecified atom stereocenters. The first-order valence-electron chi connectivity index (χ1n) is 7.22. The molecule has 0 saturated carbocycles. The Bertz CT molecular complexity index is 423. The Hall–Kier alpha value is -0.610. The van der Waals surface area contributed by atoms with E-state index >= 15 is 0 Å². The third-order valence-electron chi connectivity index (χ3n) is 3.92. The zero-order chi connectivity index (χ0) is 14.2. The fourth-order valence-electron chi connectivity index (χ4n) is 2.34. The topological polar surface area (TPSA) is 28.2 Å². The summed E-state index contributed by atoms with van der Waals surface area (Å²) in [5.74, 6) is 1.56. The van der Waals surface area contributed by atoms with E-state index in [9.17, 15) is 0 Å². The van der Waals surface area contributed by atoms with E-state index < -0.39 is 0 Å². The number of nitrogens with zero attached hydrogens (tertiary/aromatic N) is 2. The molecule has 3 nitrogen and oxygen atoms in total. The molecule has 2 atom stereocenters. The Kier molecular flexibility index (Phi) is 4.21. The highest BCUT2D eigenvalue weighted by Gasteiger charge is 2.28. The molecule has 108 valence electrons. The second kappa shape index (κ2) is 5.41. The van der Waals surface area contributed by atoms with E-state index in [4.69, 9.17) is 4.98 Å². The van der Waals surface area contributed by atoms with Gasteiger partial charge in [0.15, 0.2) is 5.13 Å². The molecule has 0 radical (unpaired) electrons. The van der Waals surface area contributed by atoms with Crippen molar-refractivity contribution in [3.63, 3.8) is 0 Å². The normalized spacial score (nSPS) is 24.2. The largest absolute Gasteiger partial charge is 0.348 e. The van der Waals surface area contributed by atoms with Crippen LogP contribution in [-0.2, 0) is 6.54 Å². The van der Waals surface area contributed by atoms with E-state index in [-0.39, 0.29) is 5.54 Å². The standard InChI is InChI=1S/C15H27N3S/c1-10-8-18(9-11(10)2)14-17-12(3)13(19-14)7-16-15(4,5)6/h10-11,16H,7-9H2,1-6H3. The summed E-state index contributed by atoms with van der Waals surface area (Å²) < 4.78 is 0. The SMILES string of the molecule is Cc1nc(N2CC(C)C(C)C2)sc1CNC(C)(C)C. The molecule has 0 aliphatic carbocycles. The number of thiazole rings is 1. The molecule has 1 saturated heterocycles. The molecule has 1 aromatic rings. The lowest BCUT2D eigenvalue weighted by atomic mass is 10.0. The molecule has 2 heterocycles. The first-order chi connectivity index (χ1) is 8.76. The van der Waals surface area contributed by atoms with Gasteiger partial charge in [0, 0.05) is 30.1 Å². The Morgan fingerprint density at radius 2 is 1.84 bits per heavy atom. The first kappa shape index (κ1) is 14.8. The van der Waals surface area contributed by atoms with Crippen molar-refractivity contribution >= 4 is 16.5 Å². The number of rotatable bonds is 3. The molecule has 1 aliphatic heterocycles. The van der Waals surface area contributed by atoms with Gasteiger partial charge in [0.2, 0.25) is 0 Å². The number of hydrogen-bond acceptors (Lipinski definition) is 4. The summed E-state index contributed by atoms with van der Waals surface area (Å²) in [6.45, 7) is 16.6. The number of nitrogens with one attached hydrogen (secondary N) is 1. The van der Waals surface area contributed by atoms with Gasteiger partial charge in [-0.05, 0) is 39.5 Å². The molecule has 1 aromatic heterocycles. The van der Waals surface area contributed by atoms with Crippen molar-refractivity contribution in [2.24, 2.45) is 11.8 Å². The summed E-state index contributed by atoms with van der Waals surface area (Å²) in [6, 6.07) is 0. The third-order valence-corrected chi connectivity index (χ3v) is 5.14. The van der Waals surface area contributed by atoms with E-state index in [1.807, 2.05) is 11.3 Å². The molecular weight excluding hydrogens is 254 g/mol. The summed E-state index contributed by atoms with van der Waals surface area (Å²) in [4.78, 5) is 8.59. The minimum absolute atomic E-state index is 0.160. The number of aryl methyl sites for hydroxylation is 1. The molecule has 0 amide bonds. The van der Waals surface area contributed by atoms with Gasteiger partial charge in [0.1, 0.15) is 0 Å². The molecule has 1 fully saturated rings. The summed E-state index contributed by atoms with van der Waals surface area (Å²) >= 11 is 1.85. The van der Waals surface area contributed by atoms with E-state index in [0.717, 1.165) is 31.5 Å². The van der Waals surface area contributed by atoms with Crippen LogP contribution in [-0.4, -0.2) is 23.6 Å². The van der Waals surface area contributed by atoms with Crippen LogP contribution in [0.25, 0.3) is 0 Å². The van der Waals surface area contributed by atoms with Crippen molar-refractivity contribution in [2.45, 2.75) is 53.6 Å². The lowest BCUT2D eigenvalue weighted by Crippen LogP contribution is -2.34. The van der Waals surface area contributed by atoms with Crippen molar-refractivity contribution in [2.75, 3.05) is 18.0 Å². The highest BCUT2D eigenvalue weighted by molar-refractivity contribution is 7.15. The zero-order valence-electron chi connectivity index (χ0n) is 13.1. The molecule has 19 heavy (non-hydrogen) atoms. The van der Waals surface area contributed by atoms with Crippen LogP contribution in [0.4, 0.5) is 5.13 Å². The molecule has 0 aromatic carbocycles. The lowest BCUT2D eigenvalue weighted by molar-refractivity contribution is 0.425. The Balaban J connectivity index is 2.05. The first-order valence-corrected chi connectivity index (χ1v) is 8.04. The molecule has 0 bridgehead atoms. The van der Waals surface area contributed by atoms with Crippen molar-refractivity contribution in [3.8, 4) is 0 Å². The van der Waals surface area contributed by atoms with Crippen LogP contribution in [0, 0.1) is 18.8 Å². The zero-order valence-corrected chi connectivity index (χ0v) is 13.9.